The number of rotatable bonds is 4. The molecule has 0 radical (unpaired) electrons. The Hall–Kier alpha value is -3.63. The van der Waals surface area contributed by atoms with Crippen molar-refractivity contribution in [3.8, 4) is 5.75 Å². The fourth-order valence-electron chi connectivity index (χ4n) is 4.77. The van der Waals surface area contributed by atoms with Gasteiger partial charge in [-0.25, -0.2) is 13.6 Å². The molecule has 0 aromatic heterocycles. The molecule has 1 fully saturated rings. The molecule has 2 aliphatic heterocycles. The van der Waals surface area contributed by atoms with Gasteiger partial charge in [0.25, 0.3) is 0 Å². The summed E-state index contributed by atoms with van der Waals surface area (Å²) in [6.45, 7) is -0.130. The van der Waals surface area contributed by atoms with Crippen LogP contribution in [0, 0.1) is 17.6 Å². The van der Waals surface area contributed by atoms with Crippen LogP contribution in [0.25, 0.3) is 5.57 Å². The van der Waals surface area contributed by atoms with Crippen LogP contribution in [-0.4, -0.2) is 47.2 Å². The molecular formula is C23H18F5N3O3. The van der Waals surface area contributed by atoms with E-state index in [4.69, 9.17) is 0 Å². The van der Waals surface area contributed by atoms with E-state index in [2.05, 4.69) is 10.1 Å². The quantitative estimate of drug-likeness (QED) is 0.656. The number of alkyl halides is 3. The number of carbonyl (C=O) groups is 2. The molecule has 1 aliphatic carbocycles. The highest BCUT2D eigenvalue weighted by Crippen LogP contribution is 2.42. The first-order valence-corrected chi connectivity index (χ1v) is 10.5. The predicted octanol–water partition coefficient (Wildman–Crippen LogP) is 4.53. The Morgan fingerprint density at radius 2 is 1.85 bits per heavy atom. The molecule has 3 amide bonds. The van der Waals surface area contributed by atoms with Gasteiger partial charge in [0.2, 0.25) is 5.91 Å². The monoisotopic (exact) mass is 479 g/mol. The van der Waals surface area contributed by atoms with E-state index in [1.165, 1.54) is 30.3 Å². The van der Waals surface area contributed by atoms with Crippen molar-refractivity contribution in [2.24, 2.45) is 5.92 Å². The number of halogens is 5. The topological polar surface area (TPSA) is 61.9 Å². The summed E-state index contributed by atoms with van der Waals surface area (Å²) in [7, 11) is 0. The zero-order valence-electron chi connectivity index (χ0n) is 17.5. The summed E-state index contributed by atoms with van der Waals surface area (Å²) in [6.07, 6.45) is -2.13. The number of urea groups is 1. The molecule has 0 unspecified atom stereocenters. The van der Waals surface area contributed by atoms with Gasteiger partial charge in [0.15, 0.2) is 11.6 Å². The number of ether oxygens (including phenoxy) is 1. The number of anilines is 1. The number of nitrogens with zero attached hydrogens (tertiary/aromatic N) is 2. The van der Waals surface area contributed by atoms with Crippen LogP contribution in [0.4, 0.5) is 32.4 Å². The molecule has 2 atom stereocenters. The van der Waals surface area contributed by atoms with Gasteiger partial charge in [-0.2, -0.15) is 0 Å². The zero-order chi connectivity index (χ0) is 24.2. The number of hydrogen-bond donors (Lipinski definition) is 1. The van der Waals surface area contributed by atoms with Crippen molar-refractivity contribution in [2.75, 3.05) is 18.4 Å². The normalized spacial score (nSPS) is 21.3. The number of nitrogens with one attached hydrogen (secondary N) is 1. The van der Waals surface area contributed by atoms with Crippen LogP contribution in [-0.2, 0) is 11.3 Å². The second-order valence-electron chi connectivity index (χ2n) is 8.43. The number of fused-ring (bicyclic) bond motifs is 3. The number of hydrogen-bond acceptors (Lipinski definition) is 3. The maximum absolute atomic E-state index is 14.2. The number of benzene rings is 2. The molecule has 3 aliphatic rings. The average molecular weight is 479 g/mol. The van der Waals surface area contributed by atoms with Crippen LogP contribution < -0.4 is 10.1 Å². The zero-order valence-corrected chi connectivity index (χ0v) is 17.5. The van der Waals surface area contributed by atoms with Crippen LogP contribution in [0.3, 0.4) is 0 Å². The smallest absolute Gasteiger partial charge is 0.406 e. The van der Waals surface area contributed by atoms with Crippen LogP contribution in [0.2, 0.25) is 0 Å². The van der Waals surface area contributed by atoms with Gasteiger partial charge in [-0.3, -0.25) is 4.79 Å². The molecule has 0 spiro atoms. The van der Waals surface area contributed by atoms with Crippen molar-refractivity contribution in [1.29, 1.82) is 0 Å². The summed E-state index contributed by atoms with van der Waals surface area (Å²) in [5.74, 6) is -2.73. The molecule has 6 nitrogen and oxygen atoms in total. The SMILES string of the molecule is O=C1Nc2ccc(F)c(F)c2CN1CC(=O)N1C[C@@H]2C=C(c3ccc(OC(F)(F)F)cc3)[C@H]1C2. The van der Waals surface area contributed by atoms with Crippen LogP contribution in [0.1, 0.15) is 17.5 Å². The van der Waals surface area contributed by atoms with E-state index in [1.807, 2.05) is 6.08 Å². The molecule has 5 rings (SSSR count). The maximum atomic E-state index is 14.2. The number of likely N-dealkylation sites (tertiary alicyclic amines) is 1. The lowest BCUT2D eigenvalue weighted by Crippen LogP contribution is -2.48. The van der Waals surface area contributed by atoms with Crippen molar-refractivity contribution in [3.63, 3.8) is 0 Å². The first-order valence-electron chi connectivity index (χ1n) is 10.5. The minimum atomic E-state index is -4.79. The van der Waals surface area contributed by atoms with E-state index < -0.39 is 24.0 Å². The van der Waals surface area contributed by atoms with E-state index >= 15 is 0 Å². The Morgan fingerprint density at radius 1 is 1.12 bits per heavy atom. The standard InChI is InChI=1S/C23H18F5N3O3/c24-17-5-6-18-16(21(17)25)10-30(22(33)29-18)11-20(32)31-9-12-7-15(19(31)8-12)13-1-3-14(4-2-13)34-23(26,27)28/h1-7,12,19H,8-11H2,(H,29,33)/t12-,19-/m1/s1. The molecule has 1 saturated heterocycles. The highest BCUT2D eigenvalue weighted by molar-refractivity contribution is 5.95. The molecule has 2 aromatic carbocycles. The molecule has 2 heterocycles. The van der Waals surface area contributed by atoms with E-state index in [-0.39, 0.29) is 48.0 Å². The molecule has 2 bridgehead atoms. The highest BCUT2D eigenvalue weighted by Gasteiger charge is 2.42. The largest absolute Gasteiger partial charge is 0.573 e. The van der Waals surface area contributed by atoms with Gasteiger partial charge in [-0.15, -0.1) is 13.2 Å². The fourth-order valence-corrected chi connectivity index (χ4v) is 4.77. The first-order chi connectivity index (χ1) is 16.1. The third-order valence-corrected chi connectivity index (χ3v) is 6.25. The summed E-state index contributed by atoms with van der Waals surface area (Å²) >= 11 is 0. The van der Waals surface area contributed by atoms with Gasteiger partial charge in [0.05, 0.1) is 18.3 Å². The van der Waals surface area contributed by atoms with Gasteiger partial charge in [0.1, 0.15) is 12.3 Å². The number of carbonyl (C=O) groups excluding carboxylic acids is 2. The second kappa shape index (κ2) is 8.00. The second-order valence-corrected chi connectivity index (χ2v) is 8.43. The highest BCUT2D eigenvalue weighted by atomic mass is 19.4. The molecular weight excluding hydrogens is 461 g/mol. The molecule has 11 heteroatoms. The van der Waals surface area contributed by atoms with Crippen molar-refractivity contribution in [3.05, 3.63) is 65.2 Å². The minimum Gasteiger partial charge on any atom is -0.406 e. The number of amides is 3. The van der Waals surface area contributed by atoms with Crippen molar-refractivity contribution in [1.82, 2.24) is 9.80 Å². The van der Waals surface area contributed by atoms with Crippen molar-refractivity contribution >= 4 is 23.2 Å². The lowest BCUT2D eigenvalue weighted by atomic mass is 10.00. The molecule has 178 valence electrons. The molecule has 34 heavy (non-hydrogen) atoms. The fraction of sp³-hybridized carbons (Fsp3) is 0.304. The van der Waals surface area contributed by atoms with Crippen molar-refractivity contribution < 1.29 is 36.3 Å². The summed E-state index contributed by atoms with van der Waals surface area (Å²) in [5.41, 5.74) is 1.61. The molecule has 1 N–H and O–H groups in total. The Morgan fingerprint density at radius 3 is 2.53 bits per heavy atom. The van der Waals surface area contributed by atoms with Gasteiger partial charge in [-0.05, 0) is 47.7 Å². The maximum Gasteiger partial charge on any atom is 0.573 e. The van der Waals surface area contributed by atoms with Crippen molar-refractivity contribution in [2.45, 2.75) is 25.4 Å². The van der Waals surface area contributed by atoms with Crippen LogP contribution in [0.15, 0.2) is 42.5 Å². The summed E-state index contributed by atoms with van der Waals surface area (Å²) in [6, 6.07) is 6.74. The first kappa shape index (κ1) is 22.2. The predicted molar refractivity (Wildman–Crippen MR) is 110 cm³/mol. The lowest BCUT2D eigenvalue weighted by molar-refractivity contribution is -0.274. The van der Waals surface area contributed by atoms with Gasteiger partial charge in [0, 0.05) is 12.1 Å². The van der Waals surface area contributed by atoms with Crippen LogP contribution in [0.5, 0.6) is 5.75 Å². The average Bonchev–Trinajstić information content (AvgIpc) is 3.38. The third kappa shape index (κ3) is 4.06. The lowest BCUT2D eigenvalue weighted by Gasteiger charge is -2.33. The van der Waals surface area contributed by atoms with E-state index in [1.54, 1.807) is 4.90 Å². The molecule has 0 saturated carbocycles. The van der Waals surface area contributed by atoms with Gasteiger partial charge in [-0.1, -0.05) is 18.2 Å². The summed E-state index contributed by atoms with van der Waals surface area (Å²) in [4.78, 5) is 28.2. The Balaban J connectivity index is 1.28. The minimum absolute atomic E-state index is 0.0305. The summed E-state index contributed by atoms with van der Waals surface area (Å²) in [5, 5.41) is 2.47. The third-order valence-electron chi connectivity index (χ3n) is 6.25. The Kier molecular flexibility index (Phi) is 5.22. The Labute approximate surface area is 190 Å². The van der Waals surface area contributed by atoms with Gasteiger partial charge >= 0.3 is 12.4 Å². The Bertz CT molecular complexity index is 1200. The van der Waals surface area contributed by atoms with Crippen LogP contribution >= 0.6 is 0 Å². The van der Waals surface area contributed by atoms with E-state index in [0.29, 0.717) is 18.5 Å². The van der Waals surface area contributed by atoms with E-state index in [9.17, 15) is 31.5 Å². The molecule has 2 aromatic rings. The van der Waals surface area contributed by atoms with E-state index in [0.717, 1.165) is 16.5 Å². The summed E-state index contributed by atoms with van der Waals surface area (Å²) < 4.78 is 68.9. The van der Waals surface area contributed by atoms with Gasteiger partial charge < -0.3 is 19.9 Å².